The molecule has 0 unspecified atom stereocenters. The van der Waals surface area contributed by atoms with Crippen LogP contribution in [-0.2, 0) is 18.4 Å². The van der Waals surface area contributed by atoms with E-state index in [1.54, 1.807) is 0 Å². The average Bonchev–Trinajstić information content (AvgIpc) is 2.75. The minimum absolute atomic E-state index is 0.0510. The first-order valence-electron chi connectivity index (χ1n) is 6.25. The number of nitrogens with zero attached hydrogens (tertiary/aromatic N) is 2. The highest BCUT2D eigenvalue weighted by atomic mass is 16.1. The number of amides is 1. The first-order valence-corrected chi connectivity index (χ1v) is 6.25. The molecule has 1 heterocycles. The molecule has 4 nitrogen and oxygen atoms in total. The van der Waals surface area contributed by atoms with Crippen molar-refractivity contribution in [1.82, 2.24) is 4.57 Å². The summed E-state index contributed by atoms with van der Waals surface area (Å²) in [7, 11) is 4.10. The molecule has 0 radical (unpaired) electrons. The minimum atomic E-state index is -0.0510. The maximum Gasteiger partial charge on any atom is 0.221 e. The molecule has 0 aliphatic rings. The van der Waals surface area contributed by atoms with Crippen LogP contribution in [0.1, 0.15) is 12.6 Å². The van der Waals surface area contributed by atoms with Crippen LogP contribution in [0.2, 0.25) is 0 Å². The molecular weight excluding hydrogens is 238 g/mol. The van der Waals surface area contributed by atoms with E-state index >= 15 is 0 Å². The third-order valence-corrected chi connectivity index (χ3v) is 3.08. The lowest BCUT2D eigenvalue weighted by Crippen LogP contribution is -2.18. The van der Waals surface area contributed by atoms with Gasteiger partial charge in [0.05, 0.1) is 6.54 Å². The van der Waals surface area contributed by atoms with E-state index in [0.717, 1.165) is 17.9 Å². The molecule has 2 rings (SSSR count). The number of hydrogen-bond acceptors (Lipinski definition) is 2. The van der Waals surface area contributed by atoms with Crippen LogP contribution >= 0.6 is 0 Å². The Labute approximate surface area is 113 Å². The highest BCUT2D eigenvalue weighted by Crippen LogP contribution is 2.18. The second kappa shape index (κ2) is 5.61. The summed E-state index contributed by atoms with van der Waals surface area (Å²) < 4.78 is 2.11. The summed E-state index contributed by atoms with van der Waals surface area (Å²) in [5.74, 6) is -0.0510. The van der Waals surface area contributed by atoms with Gasteiger partial charge in [0, 0.05) is 44.3 Å². The largest absolute Gasteiger partial charge is 0.369 e. The second-order valence-corrected chi connectivity index (χ2v) is 4.69. The van der Waals surface area contributed by atoms with E-state index in [1.165, 1.54) is 12.6 Å². The Balaban J connectivity index is 2.05. The number of carbonyl (C=O) groups excluding carboxylic acids is 1. The topological polar surface area (TPSA) is 37.3 Å². The van der Waals surface area contributed by atoms with Gasteiger partial charge in [-0.25, -0.2) is 0 Å². The van der Waals surface area contributed by atoms with Gasteiger partial charge in [0.2, 0.25) is 5.91 Å². The lowest BCUT2D eigenvalue weighted by atomic mass is 10.2. The second-order valence-electron chi connectivity index (χ2n) is 4.69. The Bertz CT molecular complexity index is 557. The molecule has 0 spiro atoms. The number of nitrogens with one attached hydrogen (secondary N) is 1. The molecule has 0 fully saturated rings. The lowest BCUT2D eigenvalue weighted by Gasteiger charge is -2.20. The van der Waals surface area contributed by atoms with E-state index in [0.29, 0.717) is 0 Å². The summed E-state index contributed by atoms with van der Waals surface area (Å²) in [6, 6.07) is 12.0. The van der Waals surface area contributed by atoms with Gasteiger partial charge < -0.3 is 14.8 Å². The SMILES string of the molecule is CC(=O)Nc1ccc(N(C)Cc2cccn2C)cc1. The number of carbonyl (C=O) groups is 1. The maximum atomic E-state index is 11.0. The van der Waals surface area contributed by atoms with Crippen LogP contribution in [0.25, 0.3) is 0 Å². The predicted octanol–water partition coefficient (Wildman–Crippen LogP) is 2.62. The molecule has 1 aromatic carbocycles. The molecule has 1 aromatic heterocycles. The van der Waals surface area contributed by atoms with Crippen LogP contribution in [0, 0.1) is 0 Å². The summed E-state index contributed by atoms with van der Waals surface area (Å²) in [5, 5.41) is 2.76. The van der Waals surface area contributed by atoms with Gasteiger partial charge in [-0.05, 0) is 36.4 Å². The highest BCUT2D eigenvalue weighted by Gasteiger charge is 2.04. The number of hydrogen-bond donors (Lipinski definition) is 1. The normalized spacial score (nSPS) is 10.3. The van der Waals surface area contributed by atoms with E-state index in [4.69, 9.17) is 0 Å². The van der Waals surface area contributed by atoms with Crippen molar-refractivity contribution < 1.29 is 4.79 Å². The number of rotatable bonds is 4. The van der Waals surface area contributed by atoms with Gasteiger partial charge in [-0.15, -0.1) is 0 Å². The van der Waals surface area contributed by atoms with E-state index < -0.39 is 0 Å². The van der Waals surface area contributed by atoms with Crippen molar-refractivity contribution in [3.63, 3.8) is 0 Å². The Morgan fingerprint density at radius 2 is 1.95 bits per heavy atom. The molecule has 0 aliphatic carbocycles. The van der Waals surface area contributed by atoms with Crippen molar-refractivity contribution in [2.75, 3.05) is 17.3 Å². The fraction of sp³-hybridized carbons (Fsp3) is 0.267. The van der Waals surface area contributed by atoms with Gasteiger partial charge in [-0.3, -0.25) is 4.79 Å². The van der Waals surface area contributed by atoms with Crippen LogP contribution in [0.3, 0.4) is 0 Å². The summed E-state index contributed by atoms with van der Waals surface area (Å²) in [4.78, 5) is 13.1. The third kappa shape index (κ3) is 3.37. The van der Waals surface area contributed by atoms with Crippen molar-refractivity contribution in [1.29, 1.82) is 0 Å². The highest BCUT2D eigenvalue weighted by molar-refractivity contribution is 5.88. The molecule has 0 saturated heterocycles. The molecule has 19 heavy (non-hydrogen) atoms. The Hall–Kier alpha value is -2.23. The Kier molecular flexibility index (Phi) is 3.90. The smallest absolute Gasteiger partial charge is 0.221 e. The fourth-order valence-electron chi connectivity index (χ4n) is 2.00. The van der Waals surface area contributed by atoms with Crippen molar-refractivity contribution in [3.05, 3.63) is 48.3 Å². The molecule has 0 atom stereocenters. The van der Waals surface area contributed by atoms with Crippen molar-refractivity contribution in [3.8, 4) is 0 Å². The first-order chi connectivity index (χ1) is 9.06. The van der Waals surface area contributed by atoms with Gasteiger partial charge in [0.25, 0.3) is 0 Å². The van der Waals surface area contributed by atoms with Gasteiger partial charge in [-0.1, -0.05) is 0 Å². The quantitative estimate of drug-likeness (QED) is 0.914. The van der Waals surface area contributed by atoms with Crippen LogP contribution < -0.4 is 10.2 Å². The van der Waals surface area contributed by atoms with Crippen LogP contribution in [0.5, 0.6) is 0 Å². The van der Waals surface area contributed by atoms with Gasteiger partial charge in [-0.2, -0.15) is 0 Å². The number of aryl methyl sites for hydroxylation is 1. The number of anilines is 2. The van der Waals surface area contributed by atoms with E-state index in [1.807, 2.05) is 43.6 Å². The molecule has 100 valence electrons. The number of benzene rings is 1. The first kappa shape index (κ1) is 13.2. The Morgan fingerprint density at radius 1 is 1.26 bits per heavy atom. The van der Waals surface area contributed by atoms with Gasteiger partial charge >= 0.3 is 0 Å². The summed E-state index contributed by atoms with van der Waals surface area (Å²) in [6.07, 6.45) is 2.04. The molecule has 4 heteroatoms. The minimum Gasteiger partial charge on any atom is -0.369 e. The predicted molar refractivity (Wildman–Crippen MR) is 78.3 cm³/mol. The molecule has 0 aliphatic heterocycles. The average molecular weight is 257 g/mol. The summed E-state index contributed by atoms with van der Waals surface area (Å²) in [5.41, 5.74) is 3.20. The summed E-state index contributed by atoms with van der Waals surface area (Å²) >= 11 is 0. The zero-order valence-electron chi connectivity index (χ0n) is 11.6. The zero-order valence-corrected chi connectivity index (χ0v) is 11.6. The molecule has 1 N–H and O–H groups in total. The van der Waals surface area contributed by atoms with Crippen LogP contribution in [-0.4, -0.2) is 17.5 Å². The lowest BCUT2D eigenvalue weighted by molar-refractivity contribution is -0.114. The van der Waals surface area contributed by atoms with Gasteiger partial charge in [0.15, 0.2) is 0 Å². The van der Waals surface area contributed by atoms with Crippen LogP contribution in [0.15, 0.2) is 42.6 Å². The zero-order chi connectivity index (χ0) is 13.8. The van der Waals surface area contributed by atoms with E-state index in [2.05, 4.69) is 27.9 Å². The van der Waals surface area contributed by atoms with E-state index in [-0.39, 0.29) is 5.91 Å². The summed E-state index contributed by atoms with van der Waals surface area (Å²) in [6.45, 7) is 2.36. The van der Waals surface area contributed by atoms with E-state index in [9.17, 15) is 4.79 Å². The van der Waals surface area contributed by atoms with Crippen molar-refractivity contribution in [2.24, 2.45) is 7.05 Å². The molecule has 0 bridgehead atoms. The van der Waals surface area contributed by atoms with Gasteiger partial charge in [0.1, 0.15) is 0 Å². The fourth-order valence-corrected chi connectivity index (χ4v) is 2.00. The molecule has 2 aromatic rings. The number of aromatic nitrogens is 1. The third-order valence-electron chi connectivity index (χ3n) is 3.08. The van der Waals surface area contributed by atoms with Crippen LogP contribution in [0.4, 0.5) is 11.4 Å². The molecule has 0 saturated carbocycles. The monoisotopic (exact) mass is 257 g/mol. The Morgan fingerprint density at radius 3 is 2.47 bits per heavy atom. The maximum absolute atomic E-state index is 11.0. The van der Waals surface area contributed by atoms with Crippen molar-refractivity contribution in [2.45, 2.75) is 13.5 Å². The molecular formula is C15H19N3O. The standard InChI is InChI=1S/C15H19N3O/c1-12(19)16-13-6-8-14(9-7-13)18(3)11-15-5-4-10-17(15)2/h4-10H,11H2,1-3H3,(H,16,19). The van der Waals surface area contributed by atoms with Crippen molar-refractivity contribution >= 4 is 17.3 Å². The molecule has 1 amide bonds.